The molecular weight excluding hydrogens is 256 g/mol. The molecule has 1 aromatic rings. The van der Waals surface area contributed by atoms with Crippen LogP contribution in [0.2, 0.25) is 0 Å². The SMILES string of the molecule is CCOCCOCC(O)CNc1ccc(CC#N)cc1. The maximum absolute atomic E-state index is 9.73. The number of nitrogens with one attached hydrogen (secondary N) is 1. The molecule has 0 aliphatic carbocycles. The molecule has 2 N–H and O–H groups in total. The van der Waals surface area contributed by atoms with Crippen molar-refractivity contribution >= 4 is 5.69 Å². The molecule has 1 unspecified atom stereocenters. The van der Waals surface area contributed by atoms with Crippen LogP contribution in [0.1, 0.15) is 12.5 Å². The van der Waals surface area contributed by atoms with Crippen molar-refractivity contribution in [3.8, 4) is 6.07 Å². The van der Waals surface area contributed by atoms with Gasteiger partial charge >= 0.3 is 0 Å². The maximum atomic E-state index is 9.73. The summed E-state index contributed by atoms with van der Waals surface area (Å²) in [6.07, 6.45) is -0.147. The zero-order valence-corrected chi connectivity index (χ0v) is 11.8. The van der Waals surface area contributed by atoms with Crippen LogP contribution in [0.3, 0.4) is 0 Å². The van der Waals surface area contributed by atoms with Gasteiger partial charge in [0.05, 0.1) is 38.4 Å². The van der Waals surface area contributed by atoms with Crippen LogP contribution in [0.25, 0.3) is 0 Å². The van der Waals surface area contributed by atoms with Crippen molar-refractivity contribution in [3.05, 3.63) is 29.8 Å². The number of benzene rings is 1. The highest BCUT2D eigenvalue weighted by molar-refractivity contribution is 5.45. The van der Waals surface area contributed by atoms with Gasteiger partial charge in [0.1, 0.15) is 0 Å². The second kappa shape index (κ2) is 10.2. The quantitative estimate of drug-likeness (QED) is 0.636. The van der Waals surface area contributed by atoms with Gasteiger partial charge in [-0.25, -0.2) is 0 Å². The summed E-state index contributed by atoms with van der Waals surface area (Å²) in [4.78, 5) is 0. The minimum Gasteiger partial charge on any atom is -0.389 e. The number of anilines is 1. The van der Waals surface area contributed by atoms with E-state index in [1.54, 1.807) is 0 Å². The second-order valence-electron chi connectivity index (χ2n) is 4.34. The first-order chi connectivity index (χ1) is 9.76. The average molecular weight is 278 g/mol. The lowest BCUT2D eigenvalue weighted by atomic mass is 10.1. The lowest BCUT2D eigenvalue weighted by Crippen LogP contribution is -2.25. The molecular formula is C15H22N2O3. The first-order valence-corrected chi connectivity index (χ1v) is 6.79. The molecule has 0 amide bonds. The zero-order chi connectivity index (χ0) is 14.6. The Morgan fingerprint density at radius 3 is 2.60 bits per heavy atom. The van der Waals surface area contributed by atoms with E-state index >= 15 is 0 Å². The van der Waals surface area contributed by atoms with Crippen LogP contribution in [0, 0.1) is 11.3 Å². The van der Waals surface area contributed by atoms with Crippen molar-refractivity contribution in [1.29, 1.82) is 5.26 Å². The van der Waals surface area contributed by atoms with Crippen LogP contribution in [-0.4, -0.2) is 44.2 Å². The maximum Gasteiger partial charge on any atom is 0.0945 e. The monoisotopic (exact) mass is 278 g/mol. The third-order valence-corrected chi connectivity index (χ3v) is 2.67. The van der Waals surface area contributed by atoms with Gasteiger partial charge in [0, 0.05) is 18.8 Å². The van der Waals surface area contributed by atoms with Crippen molar-refractivity contribution in [2.24, 2.45) is 0 Å². The van der Waals surface area contributed by atoms with Crippen LogP contribution < -0.4 is 5.32 Å². The van der Waals surface area contributed by atoms with Crippen LogP contribution >= 0.6 is 0 Å². The number of aliphatic hydroxyl groups excluding tert-OH is 1. The van der Waals surface area contributed by atoms with Crippen molar-refractivity contribution in [3.63, 3.8) is 0 Å². The van der Waals surface area contributed by atoms with Gasteiger partial charge in [0.2, 0.25) is 0 Å². The molecule has 1 atom stereocenters. The zero-order valence-electron chi connectivity index (χ0n) is 11.8. The molecule has 0 fully saturated rings. The molecule has 0 heterocycles. The standard InChI is InChI=1S/C15H22N2O3/c1-2-19-9-10-20-12-15(18)11-17-14-5-3-13(4-6-14)7-8-16/h3-6,15,17-18H,2,7,9-12H2,1H3. The molecule has 20 heavy (non-hydrogen) atoms. The summed E-state index contributed by atoms with van der Waals surface area (Å²) in [5, 5.41) is 21.4. The Morgan fingerprint density at radius 1 is 1.25 bits per heavy atom. The largest absolute Gasteiger partial charge is 0.389 e. The van der Waals surface area contributed by atoms with E-state index in [9.17, 15) is 5.11 Å². The Kier molecular flexibility index (Phi) is 8.40. The number of ether oxygens (including phenoxy) is 2. The number of nitriles is 1. The van der Waals surface area contributed by atoms with Gasteiger partial charge in [-0.15, -0.1) is 0 Å². The third-order valence-electron chi connectivity index (χ3n) is 2.67. The summed E-state index contributed by atoms with van der Waals surface area (Å²) >= 11 is 0. The van der Waals surface area contributed by atoms with E-state index in [2.05, 4.69) is 11.4 Å². The fourth-order valence-corrected chi connectivity index (χ4v) is 1.61. The summed E-state index contributed by atoms with van der Waals surface area (Å²) in [7, 11) is 0. The number of nitrogens with zero attached hydrogens (tertiary/aromatic N) is 1. The molecule has 0 spiro atoms. The molecule has 1 aromatic carbocycles. The van der Waals surface area contributed by atoms with E-state index in [0.29, 0.717) is 32.8 Å². The Balaban J connectivity index is 2.17. The third kappa shape index (κ3) is 7.10. The minimum atomic E-state index is -0.560. The Bertz CT molecular complexity index is 401. The highest BCUT2D eigenvalue weighted by Gasteiger charge is 2.04. The Hall–Kier alpha value is -1.61. The van der Waals surface area contributed by atoms with Crippen molar-refractivity contribution in [1.82, 2.24) is 0 Å². The smallest absolute Gasteiger partial charge is 0.0945 e. The van der Waals surface area contributed by atoms with Gasteiger partial charge in [-0.1, -0.05) is 12.1 Å². The molecule has 0 bridgehead atoms. The molecule has 1 rings (SSSR count). The van der Waals surface area contributed by atoms with Crippen LogP contribution in [0.15, 0.2) is 24.3 Å². The van der Waals surface area contributed by atoms with Crippen LogP contribution in [0.4, 0.5) is 5.69 Å². The summed E-state index contributed by atoms with van der Waals surface area (Å²) in [6, 6.07) is 9.70. The summed E-state index contributed by atoms with van der Waals surface area (Å²) in [5.74, 6) is 0. The lowest BCUT2D eigenvalue weighted by molar-refractivity contribution is 0.0103. The van der Waals surface area contributed by atoms with Crippen LogP contribution in [-0.2, 0) is 15.9 Å². The van der Waals surface area contributed by atoms with E-state index in [4.69, 9.17) is 14.7 Å². The fourth-order valence-electron chi connectivity index (χ4n) is 1.61. The highest BCUT2D eigenvalue weighted by Crippen LogP contribution is 2.09. The van der Waals surface area contributed by atoms with Crippen molar-refractivity contribution in [2.75, 3.05) is 38.3 Å². The average Bonchev–Trinajstić information content (AvgIpc) is 2.47. The normalized spacial score (nSPS) is 11.8. The molecule has 0 saturated carbocycles. The van der Waals surface area contributed by atoms with Gasteiger partial charge < -0.3 is 19.9 Å². The summed E-state index contributed by atoms with van der Waals surface area (Å²) < 4.78 is 10.4. The lowest BCUT2D eigenvalue weighted by Gasteiger charge is -2.13. The number of hydrogen-bond acceptors (Lipinski definition) is 5. The first kappa shape index (κ1) is 16.4. The molecule has 5 heteroatoms. The molecule has 0 saturated heterocycles. The van der Waals surface area contributed by atoms with Gasteiger partial charge in [0.15, 0.2) is 0 Å². The van der Waals surface area contributed by atoms with E-state index in [0.717, 1.165) is 11.3 Å². The number of rotatable bonds is 10. The van der Waals surface area contributed by atoms with E-state index in [1.807, 2.05) is 31.2 Å². The fraction of sp³-hybridized carbons (Fsp3) is 0.533. The Morgan fingerprint density at radius 2 is 1.95 bits per heavy atom. The Labute approximate surface area is 120 Å². The first-order valence-electron chi connectivity index (χ1n) is 6.79. The second-order valence-corrected chi connectivity index (χ2v) is 4.34. The van der Waals surface area contributed by atoms with Gasteiger partial charge in [-0.2, -0.15) is 5.26 Å². The molecule has 0 aliphatic rings. The topological polar surface area (TPSA) is 74.5 Å². The summed E-state index contributed by atoms with van der Waals surface area (Å²) in [6.45, 7) is 4.36. The van der Waals surface area contributed by atoms with E-state index in [-0.39, 0.29) is 6.61 Å². The van der Waals surface area contributed by atoms with E-state index < -0.39 is 6.10 Å². The molecule has 0 aliphatic heterocycles. The predicted octanol–water partition coefficient (Wildman–Crippen LogP) is 1.58. The molecule has 0 radical (unpaired) electrons. The highest BCUT2D eigenvalue weighted by atomic mass is 16.5. The summed E-state index contributed by atoms with van der Waals surface area (Å²) in [5.41, 5.74) is 1.90. The molecule has 5 nitrogen and oxygen atoms in total. The van der Waals surface area contributed by atoms with E-state index in [1.165, 1.54) is 0 Å². The van der Waals surface area contributed by atoms with Crippen molar-refractivity contribution < 1.29 is 14.6 Å². The molecule has 0 aromatic heterocycles. The number of hydrogen-bond donors (Lipinski definition) is 2. The predicted molar refractivity (Wildman–Crippen MR) is 77.6 cm³/mol. The van der Waals surface area contributed by atoms with Gasteiger partial charge in [0.25, 0.3) is 0 Å². The number of aliphatic hydroxyl groups is 1. The molecule has 110 valence electrons. The van der Waals surface area contributed by atoms with Gasteiger partial charge in [-0.05, 0) is 24.6 Å². The van der Waals surface area contributed by atoms with Crippen LogP contribution in [0.5, 0.6) is 0 Å². The van der Waals surface area contributed by atoms with Gasteiger partial charge in [-0.3, -0.25) is 0 Å². The van der Waals surface area contributed by atoms with Crippen molar-refractivity contribution in [2.45, 2.75) is 19.4 Å². The minimum absolute atomic E-state index is 0.284.